The Morgan fingerprint density at radius 2 is 2.37 bits per heavy atom. The molecule has 2 heterocycles. The van der Waals surface area contributed by atoms with Crippen LogP contribution in [0.4, 0.5) is 4.39 Å². The summed E-state index contributed by atoms with van der Waals surface area (Å²) in [5, 5.41) is 3.37. The fraction of sp³-hybridized carbons (Fsp3) is 0.533. The lowest BCUT2D eigenvalue weighted by molar-refractivity contribution is 0.205. The minimum Gasteiger partial charge on any atom is -0.475 e. The van der Waals surface area contributed by atoms with Gasteiger partial charge in [0.25, 0.3) is 0 Å². The molecular formula is C15H19FN2O. The SMILES string of the molecule is Fc1cccc(CC2CN=C(C3CCCNC3)O2)c1. The van der Waals surface area contributed by atoms with Crippen LogP contribution in [0, 0.1) is 11.7 Å². The largest absolute Gasteiger partial charge is 0.475 e. The summed E-state index contributed by atoms with van der Waals surface area (Å²) in [5.41, 5.74) is 0.975. The second kappa shape index (κ2) is 5.70. The Bertz CT molecular complexity index is 469. The zero-order valence-electron chi connectivity index (χ0n) is 10.9. The van der Waals surface area contributed by atoms with Crippen LogP contribution in [0.1, 0.15) is 18.4 Å². The first-order valence-corrected chi connectivity index (χ1v) is 6.97. The van der Waals surface area contributed by atoms with Crippen molar-refractivity contribution in [3.05, 3.63) is 35.6 Å². The van der Waals surface area contributed by atoms with Gasteiger partial charge >= 0.3 is 0 Å². The number of piperidine rings is 1. The highest BCUT2D eigenvalue weighted by Gasteiger charge is 2.27. The lowest BCUT2D eigenvalue weighted by Crippen LogP contribution is -2.35. The van der Waals surface area contributed by atoms with E-state index < -0.39 is 0 Å². The number of hydrogen-bond donors (Lipinski definition) is 1. The van der Waals surface area contributed by atoms with Crippen LogP contribution < -0.4 is 5.32 Å². The molecule has 2 aliphatic heterocycles. The molecule has 19 heavy (non-hydrogen) atoms. The molecule has 1 fully saturated rings. The smallest absolute Gasteiger partial charge is 0.188 e. The van der Waals surface area contributed by atoms with Crippen molar-refractivity contribution in [3.63, 3.8) is 0 Å². The Balaban J connectivity index is 1.55. The molecule has 0 amide bonds. The maximum Gasteiger partial charge on any atom is 0.188 e. The topological polar surface area (TPSA) is 33.6 Å². The molecule has 1 N–H and O–H groups in total. The minimum atomic E-state index is -0.187. The van der Waals surface area contributed by atoms with Gasteiger partial charge in [-0.05, 0) is 37.1 Å². The van der Waals surface area contributed by atoms with E-state index in [4.69, 9.17) is 4.74 Å². The van der Waals surface area contributed by atoms with Gasteiger partial charge in [0, 0.05) is 18.9 Å². The summed E-state index contributed by atoms with van der Waals surface area (Å²) in [7, 11) is 0. The standard InChI is InChI=1S/C15H19FN2O/c16-13-5-1-3-11(7-13)8-14-10-18-15(19-14)12-4-2-6-17-9-12/h1,3,5,7,12,14,17H,2,4,6,8-10H2. The summed E-state index contributed by atoms with van der Waals surface area (Å²) in [5.74, 6) is 1.13. The fourth-order valence-corrected chi connectivity index (χ4v) is 2.76. The predicted octanol–water partition coefficient (Wildman–Crippen LogP) is 2.17. The normalized spacial score (nSPS) is 26.9. The van der Waals surface area contributed by atoms with Crippen molar-refractivity contribution in [2.75, 3.05) is 19.6 Å². The van der Waals surface area contributed by atoms with Crippen molar-refractivity contribution >= 4 is 5.90 Å². The number of halogens is 1. The number of rotatable bonds is 3. The minimum absolute atomic E-state index is 0.0683. The molecule has 0 saturated carbocycles. The number of hydrogen-bond acceptors (Lipinski definition) is 3. The molecule has 0 spiro atoms. The van der Waals surface area contributed by atoms with Gasteiger partial charge in [0.05, 0.1) is 6.54 Å². The molecule has 1 saturated heterocycles. The highest BCUT2D eigenvalue weighted by Crippen LogP contribution is 2.20. The molecule has 0 radical (unpaired) electrons. The monoisotopic (exact) mass is 262 g/mol. The first-order valence-electron chi connectivity index (χ1n) is 6.97. The van der Waals surface area contributed by atoms with Crippen molar-refractivity contribution in [2.24, 2.45) is 10.9 Å². The van der Waals surface area contributed by atoms with E-state index >= 15 is 0 Å². The summed E-state index contributed by atoms with van der Waals surface area (Å²) < 4.78 is 19.1. The number of ether oxygens (including phenoxy) is 1. The summed E-state index contributed by atoms with van der Waals surface area (Å²) in [6.07, 6.45) is 3.13. The Kier molecular flexibility index (Phi) is 3.78. The fourth-order valence-electron chi connectivity index (χ4n) is 2.76. The summed E-state index contributed by atoms with van der Waals surface area (Å²) in [6, 6.07) is 6.72. The van der Waals surface area contributed by atoms with Gasteiger partial charge in [0.15, 0.2) is 5.90 Å². The molecule has 102 valence electrons. The van der Waals surface area contributed by atoms with Crippen LogP contribution in [0.15, 0.2) is 29.3 Å². The van der Waals surface area contributed by atoms with E-state index in [0.29, 0.717) is 12.5 Å². The molecule has 3 nitrogen and oxygen atoms in total. The van der Waals surface area contributed by atoms with E-state index in [9.17, 15) is 4.39 Å². The van der Waals surface area contributed by atoms with Crippen LogP contribution in [0.25, 0.3) is 0 Å². The predicted molar refractivity (Wildman–Crippen MR) is 72.9 cm³/mol. The average molecular weight is 262 g/mol. The van der Waals surface area contributed by atoms with Crippen molar-refractivity contribution in [2.45, 2.75) is 25.4 Å². The number of nitrogens with one attached hydrogen (secondary N) is 1. The number of benzene rings is 1. The third-order valence-corrected chi connectivity index (χ3v) is 3.74. The van der Waals surface area contributed by atoms with E-state index in [2.05, 4.69) is 10.3 Å². The lowest BCUT2D eigenvalue weighted by atomic mass is 10.00. The van der Waals surface area contributed by atoms with Crippen LogP contribution in [0.5, 0.6) is 0 Å². The van der Waals surface area contributed by atoms with Crippen molar-refractivity contribution in [1.82, 2.24) is 5.32 Å². The zero-order chi connectivity index (χ0) is 13.1. The molecule has 2 unspecified atom stereocenters. The summed E-state index contributed by atoms with van der Waals surface area (Å²) >= 11 is 0. The highest BCUT2D eigenvalue weighted by molar-refractivity contribution is 5.80. The number of nitrogens with zero attached hydrogens (tertiary/aromatic N) is 1. The molecule has 3 rings (SSSR count). The Morgan fingerprint density at radius 3 is 3.16 bits per heavy atom. The molecule has 2 aliphatic rings. The van der Waals surface area contributed by atoms with Crippen molar-refractivity contribution < 1.29 is 9.13 Å². The Hall–Kier alpha value is -1.42. The first kappa shape index (κ1) is 12.6. The molecule has 4 heteroatoms. The van der Waals surface area contributed by atoms with Crippen LogP contribution in [-0.2, 0) is 11.2 Å². The summed E-state index contributed by atoms with van der Waals surface area (Å²) in [6.45, 7) is 2.75. The maximum atomic E-state index is 13.1. The first-order chi connectivity index (χ1) is 9.31. The van der Waals surface area contributed by atoms with Crippen LogP contribution >= 0.6 is 0 Å². The highest BCUT2D eigenvalue weighted by atomic mass is 19.1. The maximum absolute atomic E-state index is 13.1. The van der Waals surface area contributed by atoms with Crippen molar-refractivity contribution in [3.8, 4) is 0 Å². The third-order valence-electron chi connectivity index (χ3n) is 3.74. The molecule has 0 bridgehead atoms. The molecule has 0 aromatic heterocycles. The van der Waals surface area contributed by atoms with Gasteiger partial charge in [-0.2, -0.15) is 0 Å². The molecule has 1 aromatic rings. The second-order valence-electron chi connectivity index (χ2n) is 5.30. The van der Waals surface area contributed by atoms with Gasteiger partial charge in [-0.1, -0.05) is 12.1 Å². The average Bonchev–Trinajstić information content (AvgIpc) is 2.88. The molecular weight excluding hydrogens is 243 g/mol. The molecule has 2 atom stereocenters. The second-order valence-corrected chi connectivity index (χ2v) is 5.30. The summed E-state index contributed by atoms with van der Waals surface area (Å²) in [4.78, 5) is 4.52. The Labute approximate surface area is 112 Å². The van der Waals surface area contributed by atoms with Gasteiger partial charge in [-0.3, -0.25) is 4.99 Å². The lowest BCUT2D eigenvalue weighted by Gasteiger charge is -2.23. The van der Waals surface area contributed by atoms with Crippen LogP contribution in [0.3, 0.4) is 0 Å². The third kappa shape index (κ3) is 3.13. The van der Waals surface area contributed by atoms with Crippen LogP contribution in [0.2, 0.25) is 0 Å². The molecule has 0 aliphatic carbocycles. The van der Waals surface area contributed by atoms with Gasteiger partial charge in [-0.15, -0.1) is 0 Å². The Morgan fingerprint density at radius 1 is 1.42 bits per heavy atom. The van der Waals surface area contributed by atoms with E-state index in [1.54, 1.807) is 12.1 Å². The van der Waals surface area contributed by atoms with E-state index in [1.807, 2.05) is 6.07 Å². The van der Waals surface area contributed by atoms with Gasteiger partial charge in [0.1, 0.15) is 11.9 Å². The van der Waals surface area contributed by atoms with Gasteiger partial charge in [0.2, 0.25) is 0 Å². The van der Waals surface area contributed by atoms with E-state index in [0.717, 1.165) is 37.4 Å². The van der Waals surface area contributed by atoms with Crippen molar-refractivity contribution in [1.29, 1.82) is 0 Å². The quantitative estimate of drug-likeness (QED) is 0.905. The zero-order valence-corrected chi connectivity index (χ0v) is 10.9. The van der Waals surface area contributed by atoms with E-state index in [-0.39, 0.29) is 11.9 Å². The van der Waals surface area contributed by atoms with Crippen LogP contribution in [-0.4, -0.2) is 31.6 Å². The molecule has 1 aromatic carbocycles. The van der Waals surface area contributed by atoms with Gasteiger partial charge < -0.3 is 10.1 Å². The number of aliphatic imine (C=N–C) groups is 1. The van der Waals surface area contributed by atoms with Gasteiger partial charge in [-0.25, -0.2) is 4.39 Å². The van der Waals surface area contributed by atoms with E-state index in [1.165, 1.54) is 12.5 Å².